The lowest BCUT2D eigenvalue weighted by Crippen LogP contribution is -1.98. The van der Waals surface area contributed by atoms with Crippen molar-refractivity contribution < 1.29 is 14.6 Å². The Balaban J connectivity index is 2.34. The highest BCUT2D eigenvalue weighted by atomic mass is 16.5. The predicted molar refractivity (Wildman–Crippen MR) is 78.1 cm³/mol. The number of aliphatic hydroxyl groups is 1. The zero-order valence-electron chi connectivity index (χ0n) is 11.7. The second-order valence-corrected chi connectivity index (χ2v) is 4.55. The third-order valence-corrected chi connectivity index (χ3v) is 3.12. The van der Waals surface area contributed by atoms with Crippen LogP contribution < -0.4 is 15.2 Å². The quantitative estimate of drug-likeness (QED) is 0.879. The van der Waals surface area contributed by atoms with Gasteiger partial charge in [-0.05, 0) is 41.8 Å². The molecule has 0 aromatic heterocycles. The van der Waals surface area contributed by atoms with Crippen molar-refractivity contribution in [3.05, 3.63) is 53.1 Å². The molecule has 0 unspecified atom stereocenters. The van der Waals surface area contributed by atoms with Crippen molar-refractivity contribution in [2.75, 3.05) is 7.11 Å². The number of methoxy groups -OCH3 is 1. The van der Waals surface area contributed by atoms with Crippen LogP contribution in [0.1, 0.15) is 16.7 Å². The monoisotopic (exact) mass is 273 g/mol. The predicted octanol–water partition coefficient (Wildman–Crippen LogP) is 2.75. The molecule has 4 nitrogen and oxygen atoms in total. The minimum absolute atomic E-state index is 0.0294. The van der Waals surface area contributed by atoms with Crippen molar-refractivity contribution in [2.45, 2.75) is 20.1 Å². The first-order chi connectivity index (χ1) is 9.67. The molecule has 0 aliphatic carbocycles. The summed E-state index contributed by atoms with van der Waals surface area (Å²) in [6.07, 6.45) is 0. The van der Waals surface area contributed by atoms with Crippen LogP contribution >= 0.6 is 0 Å². The summed E-state index contributed by atoms with van der Waals surface area (Å²) in [5.74, 6) is 1.96. The molecule has 20 heavy (non-hydrogen) atoms. The highest BCUT2D eigenvalue weighted by Gasteiger charge is 2.09. The molecule has 0 aliphatic heterocycles. The Morgan fingerprint density at radius 1 is 1.00 bits per heavy atom. The molecule has 0 heterocycles. The highest BCUT2D eigenvalue weighted by molar-refractivity contribution is 5.47. The van der Waals surface area contributed by atoms with Crippen LogP contribution in [-0.4, -0.2) is 12.2 Å². The Bertz CT molecular complexity index is 596. The van der Waals surface area contributed by atoms with Crippen molar-refractivity contribution in [3.63, 3.8) is 0 Å². The van der Waals surface area contributed by atoms with Gasteiger partial charge in [-0.2, -0.15) is 0 Å². The van der Waals surface area contributed by atoms with Gasteiger partial charge in [-0.1, -0.05) is 18.2 Å². The second kappa shape index (κ2) is 6.41. The van der Waals surface area contributed by atoms with E-state index in [1.54, 1.807) is 25.3 Å². The average molecular weight is 273 g/mol. The Kier molecular flexibility index (Phi) is 4.61. The zero-order valence-corrected chi connectivity index (χ0v) is 11.7. The van der Waals surface area contributed by atoms with Crippen LogP contribution in [0.4, 0.5) is 0 Å². The number of rotatable bonds is 5. The van der Waals surface area contributed by atoms with Gasteiger partial charge in [0.05, 0.1) is 13.7 Å². The van der Waals surface area contributed by atoms with Crippen LogP contribution in [0.3, 0.4) is 0 Å². The van der Waals surface area contributed by atoms with Gasteiger partial charge >= 0.3 is 0 Å². The number of nitrogens with two attached hydrogens (primary N) is 1. The molecule has 106 valence electrons. The average Bonchev–Trinajstić information content (AvgIpc) is 2.49. The molecule has 2 rings (SSSR count). The standard InChI is InChI=1S/C16H19NO3/c1-11-3-4-12(9-17)7-15(11)20-14-6-5-13(10-18)8-16(14)19-2/h3-8,18H,9-10,17H2,1-2H3. The summed E-state index contributed by atoms with van der Waals surface area (Å²) in [6.45, 7) is 2.42. The van der Waals surface area contributed by atoms with Gasteiger partial charge in [-0.25, -0.2) is 0 Å². The maximum Gasteiger partial charge on any atom is 0.169 e. The molecule has 2 aromatic rings. The molecule has 0 bridgehead atoms. The molecule has 0 fully saturated rings. The maximum atomic E-state index is 9.14. The third-order valence-electron chi connectivity index (χ3n) is 3.12. The van der Waals surface area contributed by atoms with E-state index in [-0.39, 0.29) is 6.61 Å². The van der Waals surface area contributed by atoms with Gasteiger partial charge in [0.2, 0.25) is 0 Å². The Morgan fingerprint density at radius 3 is 2.35 bits per heavy atom. The summed E-state index contributed by atoms with van der Waals surface area (Å²) in [5.41, 5.74) is 8.46. The molecular formula is C16H19NO3. The van der Waals surface area contributed by atoms with E-state index in [0.717, 1.165) is 22.4 Å². The fourth-order valence-electron chi connectivity index (χ4n) is 1.89. The van der Waals surface area contributed by atoms with Gasteiger partial charge in [0.25, 0.3) is 0 Å². The minimum Gasteiger partial charge on any atom is -0.493 e. The van der Waals surface area contributed by atoms with Gasteiger partial charge in [-0.3, -0.25) is 0 Å². The lowest BCUT2D eigenvalue weighted by atomic mass is 10.1. The van der Waals surface area contributed by atoms with Crippen molar-refractivity contribution in [1.82, 2.24) is 0 Å². The second-order valence-electron chi connectivity index (χ2n) is 4.55. The maximum absolute atomic E-state index is 9.14. The molecule has 4 heteroatoms. The SMILES string of the molecule is COc1cc(CO)ccc1Oc1cc(CN)ccc1C. The third kappa shape index (κ3) is 3.10. The topological polar surface area (TPSA) is 64.7 Å². The van der Waals surface area contributed by atoms with Crippen molar-refractivity contribution in [1.29, 1.82) is 0 Å². The number of hydrogen-bond donors (Lipinski definition) is 2. The summed E-state index contributed by atoms with van der Waals surface area (Å²) in [4.78, 5) is 0. The Hall–Kier alpha value is -2.04. The van der Waals surface area contributed by atoms with E-state index >= 15 is 0 Å². The Labute approximate surface area is 118 Å². The van der Waals surface area contributed by atoms with Crippen LogP contribution in [0, 0.1) is 6.92 Å². The number of ether oxygens (including phenoxy) is 2. The largest absolute Gasteiger partial charge is 0.493 e. The fourth-order valence-corrected chi connectivity index (χ4v) is 1.89. The summed E-state index contributed by atoms with van der Waals surface area (Å²) in [5, 5.41) is 9.14. The smallest absolute Gasteiger partial charge is 0.169 e. The van der Waals surface area contributed by atoms with Crippen molar-refractivity contribution in [2.24, 2.45) is 5.73 Å². The van der Waals surface area contributed by atoms with Gasteiger partial charge in [0, 0.05) is 6.54 Å². The van der Waals surface area contributed by atoms with Crippen molar-refractivity contribution >= 4 is 0 Å². The summed E-state index contributed by atoms with van der Waals surface area (Å²) in [6, 6.07) is 11.2. The van der Waals surface area contributed by atoms with E-state index in [4.69, 9.17) is 20.3 Å². The molecule has 0 saturated heterocycles. The summed E-state index contributed by atoms with van der Waals surface area (Å²) >= 11 is 0. The number of aryl methyl sites for hydroxylation is 1. The van der Waals surface area contributed by atoms with Gasteiger partial charge in [-0.15, -0.1) is 0 Å². The van der Waals surface area contributed by atoms with Crippen LogP contribution in [0.25, 0.3) is 0 Å². The van der Waals surface area contributed by atoms with Crippen molar-refractivity contribution in [3.8, 4) is 17.2 Å². The van der Waals surface area contributed by atoms with E-state index in [0.29, 0.717) is 18.0 Å². The van der Waals surface area contributed by atoms with Gasteiger partial charge < -0.3 is 20.3 Å². The van der Waals surface area contributed by atoms with E-state index in [1.807, 2.05) is 25.1 Å². The molecule has 3 N–H and O–H groups in total. The molecule has 0 aliphatic rings. The lowest BCUT2D eigenvalue weighted by molar-refractivity contribution is 0.280. The van der Waals surface area contributed by atoms with E-state index < -0.39 is 0 Å². The van der Waals surface area contributed by atoms with Crippen LogP contribution in [0.2, 0.25) is 0 Å². The zero-order chi connectivity index (χ0) is 14.5. The molecule has 0 radical (unpaired) electrons. The molecular weight excluding hydrogens is 254 g/mol. The Morgan fingerprint density at radius 2 is 1.70 bits per heavy atom. The number of aliphatic hydroxyl groups excluding tert-OH is 1. The molecule has 0 amide bonds. The normalized spacial score (nSPS) is 10.4. The minimum atomic E-state index is -0.0294. The highest BCUT2D eigenvalue weighted by Crippen LogP contribution is 2.34. The van der Waals surface area contributed by atoms with E-state index in [1.165, 1.54) is 0 Å². The van der Waals surface area contributed by atoms with Gasteiger partial charge in [0.1, 0.15) is 5.75 Å². The molecule has 0 atom stereocenters. The lowest BCUT2D eigenvalue weighted by Gasteiger charge is -2.14. The van der Waals surface area contributed by atoms with E-state index in [2.05, 4.69) is 0 Å². The first-order valence-corrected chi connectivity index (χ1v) is 6.43. The molecule has 0 spiro atoms. The molecule has 0 saturated carbocycles. The summed E-state index contributed by atoms with van der Waals surface area (Å²) < 4.78 is 11.2. The number of hydrogen-bond acceptors (Lipinski definition) is 4. The van der Waals surface area contributed by atoms with Crippen LogP contribution in [-0.2, 0) is 13.2 Å². The van der Waals surface area contributed by atoms with E-state index in [9.17, 15) is 0 Å². The van der Waals surface area contributed by atoms with Crippen LogP contribution in [0.15, 0.2) is 36.4 Å². The first-order valence-electron chi connectivity index (χ1n) is 6.43. The van der Waals surface area contributed by atoms with Gasteiger partial charge in [0.15, 0.2) is 11.5 Å². The molecule has 2 aromatic carbocycles. The number of benzene rings is 2. The summed E-state index contributed by atoms with van der Waals surface area (Å²) in [7, 11) is 1.58. The van der Waals surface area contributed by atoms with Crippen LogP contribution in [0.5, 0.6) is 17.2 Å². The fraction of sp³-hybridized carbons (Fsp3) is 0.250. The first kappa shape index (κ1) is 14.4.